The molecule has 1 N–H and O–H groups in total. The van der Waals surface area contributed by atoms with Gasteiger partial charge in [-0.3, -0.25) is 9.59 Å². The van der Waals surface area contributed by atoms with Crippen molar-refractivity contribution >= 4 is 31.7 Å². The summed E-state index contributed by atoms with van der Waals surface area (Å²) in [6.45, 7) is 4.69. The molecule has 2 rings (SSSR count). The first-order valence-electron chi connectivity index (χ1n) is 9.59. The second-order valence-corrected chi connectivity index (χ2v) is 11.7. The summed E-state index contributed by atoms with van der Waals surface area (Å²) in [7, 11) is -5.66. The minimum Gasteiger partial charge on any atom is -0.451 e. The van der Waals surface area contributed by atoms with Gasteiger partial charge < -0.3 is 9.64 Å². The molecule has 11 heteroatoms. The van der Waals surface area contributed by atoms with Crippen molar-refractivity contribution in [1.29, 1.82) is 0 Å². The zero-order valence-electron chi connectivity index (χ0n) is 17.4. The quantitative estimate of drug-likeness (QED) is 0.562. The van der Waals surface area contributed by atoms with Crippen LogP contribution in [0.3, 0.4) is 0 Å². The summed E-state index contributed by atoms with van der Waals surface area (Å²) >= 11 is 0. The number of sulfone groups is 1. The lowest BCUT2D eigenvalue weighted by Gasteiger charge is -2.28. The topological polar surface area (TPSA) is 127 Å². The summed E-state index contributed by atoms with van der Waals surface area (Å²) in [5, 5.41) is 0. The molecule has 0 aromatic heterocycles. The van der Waals surface area contributed by atoms with Gasteiger partial charge in [-0.05, 0) is 31.4 Å². The number of amides is 1. The van der Waals surface area contributed by atoms with Crippen LogP contribution in [0.4, 0.5) is 0 Å². The third-order valence-corrected chi connectivity index (χ3v) is 8.21. The summed E-state index contributed by atoms with van der Waals surface area (Å²) in [5.41, 5.74) is 0. The van der Waals surface area contributed by atoms with E-state index in [-0.39, 0.29) is 16.4 Å². The number of carbonyl (C=O) groups is 2. The highest BCUT2D eigenvalue weighted by Crippen LogP contribution is 2.18. The van der Waals surface area contributed by atoms with Crippen molar-refractivity contribution in [3.63, 3.8) is 0 Å². The van der Waals surface area contributed by atoms with Crippen molar-refractivity contribution < 1.29 is 31.2 Å². The van der Waals surface area contributed by atoms with E-state index in [0.717, 1.165) is 0 Å². The molecule has 1 aliphatic rings. The second-order valence-electron chi connectivity index (χ2n) is 7.74. The summed E-state index contributed by atoms with van der Waals surface area (Å²) in [4.78, 5) is 26.5. The SMILES string of the molecule is CC(C)[C@@H](NS(=O)(=O)c1ccccc1)C(=O)O[C@@H](C)C(=O)N(C)[C@@H]1CCS(=O)(=O)C1. The van der Waals surface area contributed by atoms with Crippen LogP contribution in [0.25, 0.3) is 0 Å². The highest BCUT2D eigenvalue weighted by atomic mass is 32.2. The average molecular weight is 461 g/mol. The normalized spacial score (nSPS) is 20.5. The third kappa shape index (κ3) is 6.02. The molecule has 30 heavy (non-hydrogen) atoms. The minimum atomic E-state index is -3.96. The predicted molar refractivity (Wildman–Crippen MR) is 111 cm³/mol. The number of rotatable bonds is 8. The molecule has 3 atom stereocenters. The van der Waals surface area contributed by atoms with Gasteiger partial charge in [-0.25, -0.2) is 16.8 Å². The number of nitrogens with zero attached hydrogens (tertiary/aromatic N) is 1. The minimum absolute atomic E-state index is 0.00903. The molecule has 0 bridgehead atoms. The number of benzene rings is 1. The highest BCUT2D eigenvalue weighted by Gasteiger charge is 2.36. The van der Waals surface area contributed by atoms with E-state index in [2.05, 4.69) is 4.72 Å². The number of nitrogens with one attached hydrogen (secondary N) is 1. The van der Waals surface area contributed by atoms with Gasteiger partial charge in [0, 0.05) is 13.1 Å². The van der Waals surface area contributed by atoms with Gasteiger partial charge in [0.2, 0.25) is 10.0 Å². The van der Waals surface area contributed by atoms with Crippen LogP contribution < -0.4 is 4.72 Å². The zero-order chi connectivity index (χ0) is 22.7. The Balaban J connectivity index is 2.06. The fourth-order valence-electron chi connectivity index (χ4n) is 3.14. The van der Waals surface area contributed by atoms with Gasteiger partial charge in [0.1, 0.15) is 6.04 Å². The molecule has 1 aromatic rings. The van der Waals surface area contributed by atoms with E-state index in [1.165, 1.54) is 31.0 Å². The van der Waals surface area contributed by atoms with Crippen LogP contribution in [-0.2, 0) is 34.2 Å². The maximum atomic E-state index is 12.6. The molecule has 1 saturated heterocycles. The van der Waals surface area contributed by atoms with Crippen molar-refractivity contribution in [3.05, 3.63) is 30.3 Å². The van der Waals surface area contributed by atoms with Crippen molar-refractivity contribution in [1.82, 2.24) is 9.62 Å². The summed E-state index contributed by atoms with van der Waals surface area (Å²) < 4.78 is 56.0. The number of carbonyl (C=O) groups excluding carboxylic acids is 2. The van der Waals surface area contributed by atoms with E-state index in [9.17, 15) is 26.4 Å². The molecule has 0 radical (unpaired) electrons. The molecule has 168 valence electrons. The Labute approximate surface area is 177 Å². The van der Waals surface area contributed by atoms with Crippen LogP contribution in [0, 0.1) is 5.92 Å². The lowest BCUT2D eigenvalue weighted by Crippen LogP contribution is -2.49. The number of likely N-dealkylation sites (N-methyl/N-ethyl adjacent to an activating group) is 1. The van der Waals surface area contributed by atoms with Crippen molar-refractivity contribution in [2.24, 2.45) is 5.92 Å². The Morgan fingerprint density at radius 2 is 1.77 bits per heavy atom. The Bertz CT molecular complexity index is 975. The number of ether oxygens (including phenoxy) is 1. The first kappa shape index (κ1) is 24.3. The van der Waals surface area contributed by atoms with E-state index in [4.69, 9.17) is 4.74 Å². The van der Waals surface area contributed by atoms with Crippen LogP contribution in [0.2, 0.25) is 0 Å². The molecular weight excluding hydrogens is 432 g/mol. The number of hydrogen-bond acceptors (Lipinski definition) is 7. The first-order valence-corrected chi connectivity index (χ1v) is 12.9. The Hall–Kier alpha value is -1.98. The predicted octanol–water partition coefficient (Wildman–Crippen LogP) is 0.567. The van der Waals surface area contributed by atoms with Gasteiger partial charge >= 0.3 is 5.97 Å². The van der Waals surface area contributed by atoms with Gasteiger partial charge in [-0.1, -0.05) is 32.0 Å². The van der Waals surface area contributed by atoms with E-state index in [1.807, 2.05) is 0 Å². The number of sulfonamides is 1. The number of hydrogen-bond donors (Lipinski definition) is 1. The maximum Gasteiger partial charge on any atom is 0.325 e. The van der Waals surface area contributed by atoms with Crippen molar-refractivity contribution in [2.45, 2.75) is 50.3 Å². The van der Waals surface area contributed by atoms with Crippen LogP contribution >= 0.6 is 0 Å². The van der Waals surface area contributed by atoms with E-state index in [1.54, 1.807) is 32.0 Å². The van der Waals surface area contributed by atoms with Gasteiger partial charge in [0.25, 0.3) is 5.91 Å². The van der Waals surface area contributed by atoms with Crippen molar-refractivity contribution in [3.8, 4) is 0 Å². The zero-order valence-corrected chi connectivity index (χ0v) is 19.1. The molecule has 1 amide bonds. The molecular formula is C19H28N2O7S2. The smallest absolute Gasteiger partial charge is 0.325 e. The third-order valence-electron chi connectivity index (χ3n) is 5.00. The van der Waals surface area contributed by atoms with E-state index >= 15 is 0 Å². The van der Waals surface area contributed by atoms with Crippen LogP contribution in [0.1, 0.15) is 27.2 Å². The molecule has 0 spiro atoms. The van der Waals surface area contributed by atoms with Gasteiger partial charge in [-0.2, -0.15) is 4.72 Å². The molecule has 1 fully saturated rings. The molecule has 0 unspecified atom stereocenters. The lowest BCUT2D eigenvalue weighted by molar-refractivity contribution is -0.161. The second kappa shape index (κ2) is 9.44. The fourth-order valence-corrected chi connectivity index (χ4v) is 6.27. The Morgan fingerprint density at radius 1 is 1.17 bits per heavy atom. The first-order chi connectivity index (χ1) is 13.8. The summed E-state index contributed by atoms with van der Waals surface area (Å²) in [6, 6.07) is 5.95. The lowest BCUT2D eigenvalue weighted by atomic mass is 10.1. The molecule has 0 aliphatic carbocycles. The molecule has 1 heterocycles. The average Bonchev–Trinajstić information content (AvgIpc) is 3.05. The van der Waals surface area contributed by atoms with E-state index < -0.39 is 55.8 Å². The number of esters is 1. The van der Waals surface area contributed by atoms with Gasteiger partial charge in [0.15, 0.2) is 15.9 Å². The maximum absolute atomic E-state index is 12.6. The molecule has 9 nitrogen and oxygen atoms in total. The largest absolute Gasteiger partial charge is 0.451 e. The fraction of sp³-hybridized carbons (Fsp3) is 0.579. The van der Waals surface area contributed by atoms with Crippen LogP contribution in [-0.4, -0.2) is 70.4 Å². The molecule has 1 aliphatic heterocycles. The van der Waals surface area contributed by atoms with Crippen molar-refractivity contribution in [2.75, 3.05) is 18.6 Å². The van der Waals surface area contributed by atoms with Crippen LogP contribution in [0.15, 0.2) is 35.2 Å². The molecule has 0 saturated carbocycles. The highest BCUT2D eigenvalue weighted by molar-refractivity contribution is 7.91. The Morgan fingerprint density at radius 3 is 2.27 bits per heavy atom. The standard InChI is InChI=1S/C19H28N2O7S2/c1-13(2)17(20-30(26,27)16-8-6-5-7-9-16)19(23)28-14(3)18(22)21(4)15-10-11-29(24,25)12-15/h5-9,13-15,17,20H,10-12H2,1-4H3/t14-,15+,17+/m0/s1. The van der Waals surface area contributed by atoms with Gasteiger partial charge in [0.05, 0.1) is 16.4 Å². The monoisotopic (exact) mass is 460 g/mol. The molecule has 1 aromatic carbocycles. The Kier molecular flexibility index (Phi) is 7.64. The summed E-state index contributed by atoms with van der Waals surface area (Å²) in [5.74, 6) is -1.96. The van der Waals surface area contributed by atoms with Crippen LogP contribution in [0.5, 0.6) is 0 Å². The summed E-state index contributed by atoms with van der Waals surface area (Å²) in [6.07, 6.45) is -0.857. The van der Waals surface area contributed by atoms with Gasteiger partial charge in [-0.15, -0.1) is 0 Å². The van der Waals surface area contributed by atoms with E-state index in [0.29, 0.717) is 6.42 Å².